The van der Waals surface area contributed by atoms with Crippen molar-refractivity contribution in [2.45, 2.75) is 26.7 Å². The van der Waals surface area contributed by atoms with Crippen molar-refractivity contribution in [3.8, 4) is 11.1 Å². The van der Waals surface area contributed by atoms with Crippen molar-refractivity contribution in [1.82, 2.24) is 0 Å². The van der Waals surface area contributed by atoms with Crippen molar-refractivity contribution in [3.63, 3.8) is 0 Å². The molecule has 0 aliphatic carbocycles. The van der Waals surface area contributed by atoms with Crippen molar-refractivity contribution in [2.24, 2.45) is 0 Å². The third-order valence-corrected chi connectivity index (χ3v) is 3.86. The molecule has 1 N–H and O–H groups in total. The summed E-state index contributed by atoms with van der Waals surface area (Å²) in [6, 6.07) is 12.7. The molecule has 2 nitrogen and oxygen atoms in total. The van der Waals surface area contributed by atoms with E-state index in [1.54, 1.807) is 0 Å². The Hall–Kier alpha value is -2.09. The number of anilines is 1. The first-order valence-corrected chi connectivity index (χ1v) is 6.58. The van der Waals surface area contributed by atoms with Crippen LogP contribution in [0, 0.1) is 13.8 Å². The predicted octanol–water partition coefficient (Wildman–Crippen LogP) is 4.03. The van der Waals surface area contributed by atoms with Crippen LogP contribution in [0.2, 0.25) is 0 Å². The number of rotatable bonds is 1. The van der Waals surface area contributed by atoms with Crippen LogP contribution in [0.15, 0.2) is 36.4 Å². The molecule has 0 spiro atoms. The fourth-order valence-corrected chi connectivity index (χ4v) is 2.72. The summed E-state index contributed by atoms with van der Waals surface area (Å²) < 4.78 is 0. The van der Waals surface area contributed by atoms with Gasteiger partial charge in [0.2, 0.25) is 5.91 Å². The van der Waals surface area contributed by atoms with E-state index in [-0.39, 0.29) is 11.8 Å². The fourth-order valence-electron chi connectivity index (χ4n) is 2.72. The van der Waals surface area contributed by atoms with Crippen LogP contribution in [0.5, 0.6) is 0 Å². The number of nitrogens with one attached hydrogen (secondary N) is 1. The van der Waals surface area contributed by atoms with E-state index in [1.165, 1.54) is 22.3 Å². The highest BCUT2D eigenvalue weighted by molar-refractivity contribution is 6.03. The van der Waals surface area contributed by atoms with Crippen molar-refractivity contribution < 1.29 is 4.79 Å². The van der Waals surface area contributed by atoms with E-state index >= 15 is 0 Å². The first-order valence-electron chi connectivity index (χ1n) is 6.58. The molecule has 19 heavy (non-hydrogen) atoms. The molecule has 1 aliphatic heterocycles. The maximum Gasteiger partial charge on any atom is 0.231 e. The standard InChI is InChI=1S/C17H17NO/c1-10-4-6-14(11(2)8-10)13-5-7-16-15(9-13)12(3)17(19)18-16/h4-9,12H,1-3H3,(H,18,19). The monoisotopic (exact) mass is 251 g/mol. The Bertz CT molecular complexity index is 673. The molecule has 3 rings (SSSR count). The molecule has 1 amide bonds. The quantitative estimate of drug-likeness (QED) is 0.814. The van der Waals surface area contributed by atoms with Gasteiger partial charge >= 0.3 is 0 Å². The molecule has 1 heterocycles. The van der Waals surface area contributed by atoms with E-state index in [9.17, 15) is 4.79 Å². The predicted molar refractivity (Wildman–Crippen MR) is 78.4 cm³/mol. The third kappa shape index (κ3) is 1.93. The molecular formula is C17H17NO. The van der Waals surface area contributed by atoms with Gasteiger partial charge in [-0.1, -0.05) is 29.8 Å². The Morgan fingerprint density at radius 3 is 2.58 bits per heavy atom. The van der Waals surface area contributed by atoms with E-state index in [1.807, 2.05) is 13.0 Å². The van der Waals surface area contributed by atoms with Gasteiger partial charge in [-0.25, -0.2) is 0 Å². The molecule has 2 heteroatoms. The lowest BCUT2D eigenvalue weighted by Gasteiger charge is -2.10. The van der Waals surface area contributed by atoms with Crippen LogP contribution in [0.25, 0.3) is 11.1 Å². The zero-order chi connectivity index (χ0) is 13.6. The molecule has 1 atom stereocenters. The van der Waals surface area contributed by atoms with Gasteiger partial charge < -0.3 is 5.32 Å². The molecule has 0 fully saturated rings. The summed E-state index contributed by atoms with van der Waals surface area (Å²) >= 11 is 0. The SMILES string of the molecule is Cc1ccc(-c2ccc3c(c2)C(C)C(=O)N3)c(C)c1. The highest BCUT2D eigenvalue weighted by Crippen LogP contribution is 2.36. The number of carbonyl (C=O) groups is 1. The smallest absolute Gasteiger partial charge is 0.231 e. The maximum atomic E-state index is 11.7. The molecule has 2 aromatic rings. The topological polar surface area (TPSA) is 29.1 Å². The zero-order valence-electron chi connectivity index (χ0n) is 11.4. The van der Waals surface area contributed by atoms with Gasteiger partial charge in [-0.05, 0) is 55.2 Å². The normalized spacial score (nSPS) is 17.2. The van der Waals surface area contributed by atoms with E-state index in [0.717, 1.165) is 11.3 Å². The summed E-state index contributed by atoms with van der Waals surface area (Å²) in [6.07, 6.45) is 0. The highest BCUT2D eigenvalue weighted by Gasteiger charge is 2.26. The van der Waals surface area contributed by atoms with Crippen LogP contribution in [0.3, 0.4) is 0 Å². The Kier molecular flexibility index (Phi) is 2.67. The summed E-state index contributed by atoms with van der Waals surface area (Å²) in [5.41, 5.74) is 7.01. The second-order valence-corrected chi connectivity index (χ2v) is 5.33. The summed E-state index contributed by atoms with van der Waals surface area (Å²) in [7, 11) is 0. The van der Waals surface area contributed by atoms with E-state index < -0.39 is 0 Å². The summed E-state index contributed by atoms with van der Waals surface area (Å²) in [5, 5.41) is 2.91. The minimum absolute atomic E-state index is 0.0549. The second-order valence-electron chi connectivity index (χ2n) is 5.33. The summed E-state index contributed by atoms with van der Waals surface area (Å²) in [5.74, 6) is 0.0356. The third-order valence-electron chi connectivity index (χ3n) is 3.86. The lowest BCUT2D eigenvalue weighted by molar-refractivity contribution is -0.116. The minimum Gasteiger partial charge on any atom is -0.325 e. The highest BCUT2D eigenvalue weighted by atomic mass is 16.2. The lowest BCUT2D eigenvalue weighted by Crippen LogP contribution is -2.08. The number of benzene rings is 2. The Labute approximate surface area is 113 Å². The number of hydrogen-bond acceptors (Lipinski definition) is 1. The molecule has 0 saturated heterocycles. The van der Waals surface area contributed by atoms with Gasteiger partial charge in [0, 0.05) is 5.69 Å². The zero-order valence-corrected chi connectivity index (χ0v) is 11.4. The Balaban J connectivity index is 2.11. The average Bonchev–Trinajstić information content (AvgIpc) is 2.65. The summed E-state index contributed by atoms with van der Waals surface area (Å²) in [4.78, 5) is 11.7. The van der Waals surface area contributed by atoms with E-state index in [0.29, 0.717) is 0 Å². The average molecular weight is 251 g/mol. The Morgan fingerprint density at radius 2 is 1.84 bits per heavy atom. The van der Waals surface area contributed by atoms with Crippen LogP contribution < -0.4 is 5.32 Å². The number of hydrogen-bond donors (Lipinski definition) is 1. The number of aryl methyl sites for hydroxylation is 2. The van der Waals surface area contributed by atoms with Crippen LogP contribution in [-0.2, 0) is 4.79 Å². The first-order chi connectivity index (χ1) is 9.06. The number of amides is 1. The summed E-state index contributed by atoms with van der Waals surface area (Å²) in [6.45, 7) is 6.18. The largest absolute Gasteiger partial charge is 0.325 e. The molecule has 0 saturated carbocycles. The van der Waals surface area contributed by atoms with Crippen molar-refractivity contribution in [1.29, 1.82) is 0 Å². The van der Waals surface area contributed by atoms with Gasteiger partial charge in [0.25, 0.3) is 0 Å². The van der Waals surface area contributed by atoms with Gasteiger partial charge in [-0.3, -0.25) is 4.79 Å². The molecule has 0 bridgehead atoms. The van der Waals surface area contributed by atoms with E-state index in [4.69, 9.17) is 0 Å². The Morgan fingerprint density at radius 1 is 1.05 bits per heavy atom. The van der Waals surface area contributed by atoms with Crippen molar-refractivity contribution >= 4 is 11.6 Å². The molecule has 0 aromatic heterocycles. The molecule has 2 aromatic carbocycles. The van der Waals surface area contributed by atoms with Crippen molar-refractivity contribution in [3.05, 3.63) is 53.1 Å². The van der Waals surface area contributed by atoms with Gasteiger partial charge in [-0.2, -0.15) is 0 Å². The molecule has 1 unspecified atom stereocenters. The maximum absolute atomic E-state index is 11.7. The first kappa shape index (κ1) is 12.0. The number of carbonyl (C=O) groups excluding carboxylic acids is 1. The van der Waals surface area contributed by atoms with Crippen molar-refractivity contribution in [2.75, 3.05) is 5.32 Å². The van der Waals surface area contributed by atoms with Crippen LogP contribution in [-0.4, -0.2) is 5.91 Å². The van der Waals surface area contributed by atoms with Crippen LogP contribution in [0.4, 0.5) is 5.69 Å². The lowest BCUT2D eigenvalue weighted by atomic mass is 9.94. The van der Waals surface area contributed by atoms with Gasteiger partial charge in [0.15, 0.2) is 0 Å². The van der Waals surface area contributed by atoms with Crippen LogP contribution >= 0.6 is 0 Å². The molecule has 1 aliphatic rings. The van der Waals surface area contributed by atoms with Gasteiger partial charge in [-0.15, -0.1) is 0 Å². The molecule has 0 radical (unpaired) electrons. The van der Waals surface area contributed by atoms with Gasteiger partial charge in [0.05, 0.1) is 5.92 Å². The second kappa shape index (κ2) is 4.23. The van der Waals surface area contributed by atoms with E-state index in [2.05, 4.69) is 49.5 Å². The fraction of sp³-hybridized carbons (Fsp3) is 0.235. The molecule has 96 valence electrons. The minimum atomic E-state index is -0.0549. The van der Waals surface area contributed by atoms with Gasteiger partial charge in [0.1, 0.15) is 0 Å². The number of fused-ring (bicyclic) bond motifs is 1. The van der Waals surface area contributed by atoms with Crippen LogP contribution in [0.1, 0.15) is 29.5 Å². The molecular weight excluding hydrogens is 234 g/mol.